The van der Waals surface area contributed by atoms with Crippen molar-refractivity contribution in [2.45, 2.75) is 66.5 Å². The summed E-state index contributed by atoms with van der Waals surface area (Å²) in [6.07, 6.45) is 5.17. The molecule has 25 heavy (non-hydrogen) atoms. The summed E-state index contributed by atoms with van der Waals surface area (Å²) >= 11 is -1.64. The molecule has 3 rings (SSSR count). The first-order valence-electron chi connectivity index (χ1n) is 9.37. The van der Waals surface area contributed by atoms with E-state index in [2.05, 4.69) is 44.6 Å². The Labute approximate surface area is 173 Å². The van der Waals surface area contributed by atoms with Crippen LogP contribution in [0.15, 0.2) is 20.6 Å². The Kier molecular flexibility index (Phi) is 8.56. The standard InChI is InChI=1S/C9H13.C8H13NO.C2H7Si.2ClH.Ti/c1-6-5-7(2)9(4)8(6)3;9-8(10)7-4-5-1-2-6(7)3-5;1-3-2;;;/h6H,1-4H3;5-7H,1-4H2,(H2,9,10);3H,1-2H3;2*1H;/q;;;;;+3/p-3. The van der Waals surface area contributed by atoms with Gasteiger partial charge in [0.05, 0.1) is 0 Å². The minimum absolute atomic E-state index is 0. The number of carbonyl (C=O) groups excluding carboxylic acids is 1. The molecular formula is C19H32Cl2NOSiTi. The third-order valence-corrected chi connectivity index (χ3v) is 18.3. The van der Waals surface area contributed by atoms with Crippen molar-refractivity contribution in [3.05, 3.63) is 20.6 Å². The van der Waals surface area contributed by atoms with Gasteiger partial charge in [-0.2, -0.15) is 0 Å². The van der Waals surface area contributed by atoms with Gasteiger partial charge in [0.1, 0.15) is 0 Å². The summed E-state index contributed by atoms with van der Waals surface area (Å²) in [4.78, 5) is 13.0. The first kappa shape index (κ1) is 23.5. The monoisotopic (exact) mass is 436 g/mol. The summed E-state index contributed by atoms with van der Waals surface area (Å²) < 4.78 is 5.37. The van der Waals surface area contributed by atoms with Crippen LogP contribution in [0.25, 0.3) is 0 Å². The number of carbonyl (C=O) groups is 1. The Morgan fingerprint density at radius 1 is 1.08 bits per heavy atom. The zero-order valence-corrected chi connectivity index (χ0v) is 20.6. The van der Waals surface area contributed by atoms with E-state index in [1.807, 2.05) is 0 Å². The normalized spacial score (nSPS) is 30.5. The molecule has 141 valence electrons. The van der Waals surface area contributed by atoms with Gasteiger partial charge in [0, 0.05) is 0 Å². The van der Waals surface area contributed by atoms with E-state index in [1.165, 1.54) is 42.4 Å². The Morgan fingerprint density at radius 2 is 1.72 bits per heavy atom. The molecule has 0 saturated heterocycles. The van der Waals surface area contributed by atoms with Crippen molar-refractivity contribution in [1.82, 2.24) is 3.80 Å². The average Bonchev–Trinajstić information content (AvgIpc) is 3.18. The first-order chi connectivity index (χ1) is 10.8. The molecule has 6 heteroatoms. The predicted molar refractivity (Wildman–Crippen MR) is 96.2 cm³/mol. The van der Waals surface area contributed by atoms with E-state index in [4.69, 9.17) is 0 Å². The Bertz CT molecular complexity index is 590. The Morgan fingerprint density at radius 3 is 2.12 bits per heavy atom. The van der Waals surface area contributed by atoms with Gasteiger partial charge in [-0.3, -0.25) is 0 Å². The maximum absolute atomic E-state index is 13.0. The zero-order valence-electron chi connectivity index (χ0n) is 16.4. The van der Waals surface area contributed by atoms with Crippen LogP contribution in [0.3, 0.4) is 0 Å². The van der Waals surface area contributed by atoms with Crippen molar-refractivity contribution >= 4 is 12.6 Å². The van der Waals surface area contributed by atoms with Crippen molar-refractivity contribution in [2.75, 3.05) is 0 Å². The van der Waals surface area contributed by atoms with E-state index >= 15 is 0 Å². The van der Waals surface area contributed by atoms with Crippen LogP contribution in [0.2, 0.25) is 13.1 Å². The van der Waals surface area contributed by atoms with Gasteiger partial charge in [0.15, 0.2) is 0 Å². The van der Waals surface area contributed by atoms with E-state index in [-0.39, 0.29) is 24.8 Å². The number of allylic oxidation sites excluding steroid dienone is 4. The molecule has 3 aliphatic rings. The van der Waals surface area contributed by atoms with Crippen LogP contribution in [-0.2, 0) is 22.2 Å². The summed E-state index contributed by atoms with van der Waals surface area (Å²) in [6.45, 7) is 13.3. The molecule has 0 heterocycles. The SMILES string of the molecule is CC1=C(C)C(C)[C]([Ti+2]([NH]C(=O)C2CC3CCC2C3)[SiH](C)C)=C1C.[Cl-].[Cl-]. The van der Waals surface area contributed by atoms with Gasteiger partial charge in [-0.15, -0.1) is 0 Å². The fourth-order valence-corrected chi connectivity index (χ4v) is 15.7. The molecule has 1 N–H and O–H groups in total. The number of amides is 1. The van der Waals surface area contributed by atoms with Gasteiger partial charge < -0.3 is 24.8 Å². The van der Waals surface area contributed by atoms with E-state index < -0.39 is 24.0 Å². The predicted octanol–water partition coefficient (Wildman–Crippen LogP) is -1.68. The smallest absolute Gasteiger partial charge is 1.00 e. The molecule has 0 aliphatic heterocycles. The third-order valence-electron chi connectivity index (χ3n) is 6.84. The topological polar surface area (TPSA) is 29.1 Å². The second kappa shape index (κ2) is 9.10. The Hall–Kier alpha value is 0.461. The minimum atomic E-state index is -1.64. The maximum atomic E-state index is 13.0. The fourth-order valence-electron chi connectivity index (χ4n) is 5.11. The Balaban J connectivity index is 0.00000156. The van der Waals surface area contributed by atoms with Gasteiger partial charge >= 0.3 is 149 Å². The largest absolute Gasteiger partial charge is 1.00 e. The molecule has 3 aliphatic carbocycles. The van der Waals surface area contributed by atoms with Crippen molar-refractivity contribution in [3.8, 4) is 0 Å². The van der Waals surface area contributed by atoms with Crippen LogP contribution < -0.4 is 28.6 Å². The van der Waals surface area contributed by atoms with Gasteiger partial charge in [0.25, 0.3) is 0 Å². The molecule has 1 amide bonds. The van der Waals surface area contributed by atoms with Crippen molar-refractivity contribution in [1.29, 1.82) is 0 Å². The van der Waals surface area contributed by atoms with Gasteiger partial charge in [-0.25, -0.2) is 0 Å². The number of rotatable bonds is 4. The molecule has 0 aromatic rings. The minimum Gasteiger partial charge on any atom is -1.00 e. The number of nitrogens with one attached hydrogen (secondary N) is 1. The molecule has 0 radical (unpaired) electrons. The summed E-state index contributed by atoms with van der Waals surface area (Å²) in [7, 11) is 0. The molecule has 2 bridgehead atoms. The van der Waals surface area contributed by atoms with Gasteiger partial charge in [-0.05, 0) is 0 Å². The van der Waals surface area contributed by atoms with Crippen LogP contribution in [0.1, 0.15) is 53.4 Å². The van der Waals surface area contributed by atoms with Gasteiger partial charge in [0.2, 0.25) is 0 Å². The summed E-state index contributed by atoms with van der Waals surface area (Å²) in [5.74, 6) is 2.90. The van der Waals surface area contributed by atoms with Crippen molar-refractivity contribution in [2.24, 2.45) is 23.7 Å². The average molecular weight is 437 g/mol. The molecule has 4 atom stereocenters. The van der Waals surface area contributed by atoms with Crippen molar-refractivity contribution < 1.29 is 47.0 Å². The molecule has 0 aromatic heterocycles. The number of halogens is 2. The maximum Gasteiger partial charge on any atom is -1.00 e. The van der Waals surface area contributed by atoms with Gasteiger partial charge in [-0.1, -0.05) is 0 Å². The molecule has 2 saturated carbocycles. The summed E-state index contributed by atoms with van der Waals surface area (Å²) in [6, 6.07) is 0. The van der Waals surface area contributed by atoms with Crippen LogP contribution in [-0.4, -0.2) is 12.6 Å². The number of hydrogen-bond donors (Lipinski definition) is 1. The van der Waals surface area contributed by atoms with E-state index in [0.717, 1.165) is 5.92 Å². The second-order valence-corrected chi connectivity index (χ2v) is 21.0. The van der Waals surface area contributed by atoms with Crippen LogP contribution in [0.5, 0.6) is 0 Å². The molecule has 0 spiro atoms. The molecule has 0 aromatic carbocycles. The summed E-state index contributed by atoms with van der Waals surface area (Å²) in [5.41, 5.74) is 4.53. The van der Waals surface area contributed by atoms with Crippen molar-refractivity contribution in [3.63, 3.8) is 0 Å². The zero-order chi connectivity index (χ0) is 16.9. The van der Waals surface area contributed by atoms with E-state index in [0.29, 0.717) is 23.7 Å². The second-order valence-electron chi connectivity index (χ2n) is 8.41. The fraction of sp³-hybridized carbons (Fsp3) is 0.737. The van der Waals surface area contributed by atoms with Crippen LogP contribution in [0.4, 0.5) is 0 Å². The number of fused-ring (bicyclic) bond motifs is 2. The third kappa shape index (κ3) is 4.32. The quantitative estimate of drug-likeness (QED) is 0.524. The molecular weight excluding hydrogens is 405 g/mol. The molecule has 2 nitrogen and oxygen atoms in total. The molecule has 2 fully saturated rings. The van der Waals surface area contributed by atoms with E-state index in [1.54, 1.807) is 3.88 Å². The van der Waals surface area contributed by atoms with Crippen LogP contribution >= 0.6 is 0 Å². The number of hydrogen-bond acceptors (Lipinski definition) is 1. The molecule has 4 unspecified atom stereocenters. The van der Waals surface area contributed by atoms with E-state index in [9.17, 15) is 4.79 Å². The van der Waals surface area contributed by atoms with Crippen LogP contribution in [0, 0.1) is 23.7 Å². The summed E-state index contributed by atoms with van der Waals surface area (Å²) in [5, 5.41) is 0. The first-order valence-corrected chi connectivity index (χ1v) is 16.5.